The van der Waals surface area contributed by atoms with Crippen LogP contribution in [-0.4, -0.2) is 19.5 Å². The molecule has 0 atom stereocenters. The highest BCUT2D eigenvalue weighted by Crippen LogP contribution is 2.45. The van der Waals surface area contributed by atoms with E-state index in [1.165, 1.54) is 12.1 Å². The fourth-order valence-electron chi connectivity index (χ4n) is 7.69. The molecule has 0 N–H and O–H groups in total. The highest BCUT2D eigenvalue weighted by atomic mass is 32.1. The number of rotatable bonds is 6. The van der Waals surface area contributed by atoms with Crippen LogP contribution in [0.15, 0.2) is 194 Å². The predicted octanol–water partition coefficient (Wildman–Crippen LogP) is 13.7. The minimum atomic E-state index is -0.184. The lowest BCUT2D eigenvalue weighted by Crippen LogP contribution is -2.05. The SMILES string of the molecule is [2H]c1cc([2H])c2c(c1[2H])c1c([2H])c([2H])cc([2H])c1n2-c1c(-c2nc(-c3ccccc3)nc(-c3cccc(-c4ccccc4)c3)n2)cccc1-c1cccc2c1sc1ccccc12. The van der Waals surface area contributed by atoms with E-state index in [4.69, 9.17) is 17.7 Å². The first-order chi connectivity index (χ1) is 30.2. The number of thiophene rings is 1. The summed E-state index contributed by atoms with van der Waals surface area (Å²) in [6.07, 6.45) is 0. The molecule has 0 radical (unpaired) electrons. The first-order valence-electron chi connectivity index (χ1n) is 21.3. The Balaban J connectivity index is 1.29. The Morgan fingerprint density at radius 1 is 0.411 bits per heavy atom. The molecule has 0 aliphatic carbocycles. The van der Waals surface area contributed by atoms with Gasteiger partial charge >= 0.3 is 0 Å². The summed E-state index contributed by atoms with van der Waals surface area (Å²) in [5.74, 6) is 1.22. The van der Waals surface area contributed by atoms with E-state index in [9.17, 15) is 5.48 Å². The Morgan fingerprint density at radius 3 is 1.73 bits per heavy atom. The fraction of sp³-hybridized carbons (Fsp3) is 0. The molecule has 0 aliphatic heterocycles. The molecule has 8 aromatic carbocycles. The number of aromatic nitrogens is 4. The van der Waals surface area contributed by atoms with Crippen LogP contribution in [0, 0.1) is 0 Å². The van der Waals surface area contributed by atoms with E-state index in [1.54, 1.807) is 15.9 Å². The molecule has 0 unspecified atom stereocenters. The maximum Gasteiger partial charge on any atom is 0.166 e. The third kappa shape index (κ3) is 5.32. The lowest BCUT2D eigenvalue weighted by Gasteiger charge is -2.19. The van der Waals surface area contributed by atoms with Gasteiger partial charge in [0.15, 0.2) is 17.5 Å². The Kier molecular flexibility index (Phi) is 6.29. The maximum absolute atomic E-state index is 9.42. The van der Waals surface area contributed by atoms with E-state index in [0.717, 1.165) is 53.6 Å². The molecule has 0 saturated carbocycles. The molecule has 11 aromatic rings. The molecule has 262 valence electrons. The molecule has 0 fully saturated rings. The molecule has 3 heterocycles. The van der Waals surface area contributed by atoms with Crippen molar-refractivity contribution in [2.24, 2.45) is 0 Å². The molecular formula is C51H32N4S. The molecule has 5 heteroatoms. The third-order valence-corrected chi connectivity index (χ3v) is 11.4. The van der Waals surface area contributed by atoms with Gasteiger partial charge in [0, 0.05) is 58.8 Å². The molecule has 3 aromatic heterocycles. The summed E-state index contributed by atoms with van der Waals surface area (Å²) in [6.45, 7) is 0. The molecule has 0 aliphatic rings. The van der Waals surface area contributed by atoms with E-state index in [2.05, 4.69) is 48.5 Å². The highest BCUT2D eigenvalue weighted by Gasteiger charge is 2.24. The van der Waals surface area contributed by atoms with Gasteiger partial charge in [-0.3, -0.25) is 0 Å². The average molecular weight is 739 g/mol. The fourth-order valence-corrected chi connectivity index (χ4v) is 8.92. The monoisotopic (exact) mass is 738 g/mol. The largest absolute Gasteiger partial charge is 0.308 e. The van der Waals surface area contributed by atoms with Crippen LogP contribution in [0.2, 0.25) is 0 Å². The van der Waals surface area contributed by atoms with Gasteiger partial charge in [-0.2, -0.15) is 0 Å². The highest BCUT2D eigenvalue weighted by molar-refractivity contribution is 7.26. The van der Waals surface area contributed by atoms with Crippen molar-refractivity contribution in [3.63, 3.8) is 0 Å². The van der Waals surface area contributed by atoms with Gasteiger partial charge in [0.05, 0.1) is 24.9 Å². The molecule has 0 amide bonds. The van der Waals surface area contributed by atoms with Gasteiger partial charge in [0.25, 0.3) is 0 Å². The smallest absolute Gasteiger partial charge is 0.166 e. The zero-order valence-corrected chi connectivity index (χ0v) is 30.5. The van der Waals surface area contributed by atoms with E-state index in [1.807, 2.05) is 97.1 Å². The van der Waals surface area contributed by atoms with Crippen molar-refractivity contribution in [1.82, 2.24) is 19.5 Å². The number of benzene rings is 8. The molecule has 4 nitrogen and oxygen atoms in total. The van der Waals surface area contributed by atoms with Crippen LogP contribution >= 0.6 is 11.3 Å². The van der Waals surface area contributed by atoms with Crippen LogP contribution in [0.1, 0.15) is 8.22 Å². The zero-order valence-electron chi connectivity index (χ0n) is 35.7. The van der Waals surface area contributed by atoms with Crippen LogP contribution in [0.3, 0.4) is 0 Å². The summed E-state index contributed by atoms with van der Waals surface area (Å²) >= 11 is 1.68. The molecule has 0 saturated heterocycles. The van der Waals surface area contributed by atoms with E-state index < -0.39 is 0 Å². The number of hydrogen-bond acceptors (Lipinski definition) is 4. The van der Waals surface area contributed by atoms with Crippen LogP contribution < -0.4 is 0 Å². The van der Waals surface area contributed by atoms with Gasteiger partial charge in [-0.25, -0.2) is 15.0 Å². The molecule has 0 spiro atoms. The summed E-state index contributed by atoms with van der Waals surface area (Å²) in [5.41, 5.74) is 6.84. The second-order valence-corrected chi connectivity index (χ2v) is 14.6. The molecule has 56 heavy (non-hydrogen) atoms. The van der Waals surface area contributed by atoms with Crippen molar-refractivity contribution in [2.75, 3.05) is 0 Å². The van der Waals surface area contributed by atoms with Crippen molar-refractivity contribution in [2.45, 2.75) is 0 Å². The summed E-state index contributed by atoms with van der Waals surface area (Å²) in [7, 11) is 0. The summed E-state index contributed by atoms with van der Waals surface area (Å²) < 4.78 is 58.6. The summed E-state index contributed by atoms with van der Waals surface area (Å²) in [6, 6.07) is 50.2. The molecule has 11 rings (SSSR count). The van der Waals surface area contributed by atoms with Crippen molar-refractivity contribution >= 4 is 53.3 Å². The van der Waals surface area contributed by atoms with Crippen LogP contribution in [0.25, 0.3) is 104 Å². The Morgan fingerprint density at radius 2 is 0.964 bits per heavy atom. The van der Waals surface area contributed by atoms with Gasteiger partial charge in [0.1, 0.15) is 0 Å². The summed E-state index contributed by atoms with van der Waals surface area (Å²) in [4.78, 5) is 15.5. The second kappa shape index (κ2) is 13.3. The summed E-state index contributed by atoms with van der Waals surface area (Å²) in [5, 5.41) is 2.55. The number of para-hydroxylation sites is 3. The van der Waals surface area contributed by atoms with Gasteiger partial charge in [-0.1, -0.05) is 164 Å². The van der Waals surface area contributed by atoms with Crippen LogP contribution in [0.5, 0.6) is 0 Å². The maximum atomic E-state index is 9.42. The third-order valence-electron chi connectivity index (χ3n) is 10.2. The van der Waals surface area contributed by atoms with Gasteiger partial charge in [0.2, 0.25) is 0 Å². The minimum absolute atomic E-state index is 0.0533. The van der Waals surface area contributed by atoms with Crippen LogP contribution in [0.4, 0.5) is 0 Å². The van der Waals surface area contributed by atoms with E-state index >= 15 is 0 Å². The first kappa shape index (κ1) is 26.5. The lowest BCUT2D eigenvalue weighted by atomic mass is 9.97. The number of fused-ring (bicyclic) bond motifs is 6. The van der Waals surface area contributed by atoms with Crippen molar-refractivity contribution in [3.05, 3.63) is 194 Å². The average Bonchev–Trinajstić information content (AvgIpc) is 3.88. The van der Waals surface area contributed by atoms with Crippen molar-refractivity contribution in [3.8, 4) is 62.1 Å². The normalized spacial score (nSPS) is 13.1. The van der Waals surface area contributed by atoms with Gasteiger partial charge in [-0.05, 0) is 41.4 Å². The van der Waals surface area contributed by atoms with Gasteiger partial charge in [-0.15, -0.1) is 11.3 Å². The molecular weight excluding hydrogens is 701 g/mol. The quantitative estimate of drug-likeness (QED) is 0.171. The first-order valence-corrected chi connectivity index (χ1v) is 19.1. The molecule has 0 bridgehead atoms. The number of nitrogens with zero attached hydrogens (tertiary/aromatic N) is 4. The zero-order chi connectivity index (χ0) is 42.2. The Labute approximate surface area is 336 Å². The van der Waals surface area contributed by atoms with Crippen molar-refractivity contribution in [1.29, 1.82) is 0 Å². The number of hydrogen-bond donors (Lipinski definition) is 0. The minimum Gasteiger partial charge on any atom is -0.308 e. The van der Waals surface area contributed by atoms with E-state index in [-0.39, 0.29) is 58.1 Å². The standard InChI is InChI=1S/C51H32N4S/c1-3-16-33(17-4-1)35-20-13-21-36(32-35)50-52-49(34-18-5-2-6-19-34)53-51(54-50)43-28-14-25-40(42-27-15-26-41-39-24-9-12-31-46(39)56-48(41)42)47(43)55-44-29-10-7-22-37(44)38-23-8-11-30-45(38)55/h1-32H/i7D,8D,22D,23D,29D,30D. The van der Waals surface area contributed by atoms with Crippen molar-refractivity contribution < 1.29 is 8.22 Å². The van der Waals surface area contributed by atoms with E-state index in [0.29, 0.717) is 28.7 Å². The second-order valence-electron chi connectivity index (χ2n) is 13.5. The Bertz CT molecular complexity index is 3530. The predicted molar refractivity (Wildman–Crippen MR) is 234 cm³/mol. The topological polar surface area (TPSA) is 43.6 Å². The lowest BCUT2D eigenvalue weighted by molar-refractivity contribution is 1.06. The van der Waals surface area contributed by atoms with Gasteiger partial charge < -0.3 is 4.57 Å². The van der Waals surface area contributed by atoms with Crippen LogP contribution in [-0.2, 0) is 0 Å². The Hall–Kier alpha value is -7.21.